The lowest BCUT2D eigenvalue weighted by Crippen LogP contribution is -2.20. The summed E-state index contributed by atoms with van der Waals surface area (Å²) in [7, 11) is 0.349. The first kappa shape index (κ1) is 11.6. The van der Waals surface area contributed by atoms with Gasteiger partial charge >= 0.3 is 13.6 Å². The van der Waals surface area contributed by atoms with E-state index in [4.69, 9.17) is 0 Å². The molecule has 0 heterocycles. The molecule has 1 atom stereocenters. The van der Waals surface area contributed by atoms with Gasteiger partial charge in [-0.05, 0) is 6.92 Å². The summed E-state index contributed by atoms with van der Waals surface area (Å²) in [6, 6.07) is 0. The average molecular weight is 196 g/mol. The van der Waals surface area contributed by atoms with E-state index in [-0.39, 0.29) is 0 Å². The second-order valence-electron chi connectivity index (χ2n) is 2.10. The molecular formula is C6H13O5P. The van der Waals surface area contributed by atoms with Crippen molar-refractivity contribution in [1.29, 1.82) is 0 Å². The molecule has 0 rings (SSSR count). The Kier molecular flexibility index (Phi) is 4.45. The lowest BCUT2D eigenvalue weighted by Gasteiger charge is -2.18. The van der Waals surface area contributed by atoms with Gasteiger partial charge in [0.15, 0.2) is 5.66 Å². The summed E-state index contributed by atoms with van der Waals surface area (Å²) in [5, 5.41) is 0. The molecule has 0 aliphatic carbocycles. The van der Waals surface area contributed by atoms with Crippen LogP contribution in [0.3, 0.4) is 0 Å². The van der Waals surface area contributed by atoms with Crippen molar-refractivity contribution in [2.45, 2.75) is 12.6 Å². The maximum Gasteiger partial charge on any atom is 0.344 e. The summed E-state index contributed by atoms with van der Waals surface area (Å²) in [4.78, 5) is 10.9. The molecule has 0 unspecified atom stereocenters. The maximum atomic E-state index is 11.5. The van der Waals surface area contributed by atoms with Gasteiger partial charge in [0, 0.05) is 14.2 Å². The Morgan fingerprint density at radius 2 is 1.67 bits per heavy atom. The van der Waals surface area contributed by atoms with Gasteiger partial charge in [0.2, 0.25) is 0 Å². The Balaban J connectivity index is 4.53. The smallest absolute Gasteiger partial charge is 0.344 e. The van der Waals surface area contributed by atoms with Gasteiger partial charge in [-0.3, -0.25) is 9.36 Å². The van der Waals surface area contributed by atoms with Crippen molar-refractivity contribution in [3.63, 3.8) is 0 Å². The summed E-state index contributed by atoms with van der Waals surface area (Å²) >= 11 is 0. The molecule has 0 N–H and O–H groups in total. The normalized spacial score (nSPS) is 14.0. The third-order valence-corrected chi connectivity index (χ3v) is 3.70. The summed E-state index contributed by atoms with van der Waals surface area (Å²) in [6.45, 7) is 1.43. The molecule has 0 aromatic carbocycles. The van der Waals surface area contributed by atoms with Gasteiger partial charge in [0.05, 0.1) is 7.11 Å². The Morgan fingerprint density at radius 1 is 1.25 bits per heavy atom. The molecule has 0 aromatic rings. The topological polar surface area (TPSA) is 61.8 Å². The highest BCUT2D eigenvalue weighted by Gasteiger charge is 2.36. The van der Waals surface area contributed by atoms with E-state index in [1.165, 1.54) is 28.3 Å². The number of hydrogen-bond donors (Lipinski definition) is 0. The zero-order chi connectivity index (χ0) is 9.78. The van der Waals surface area contributed by atoms with Gasteiger partial charge in [-0.15, -0.1) is 0 Å². The molecule has 0 aromatic heterocycles. The predicted octanol–water partition coefficient (Wildman–Crippen LogP) is 1.03. The van der Waals surface area contributed by atoms with E-state index in [9.17, 15) is 9.36 Å². The first-order valence-corrected chi connectivity index (χ1v) is 4.92. The van der Waals surface area contributed by atoms with Crippen LogP contribution in [0.15, 0.2) is 0 Å². The van der Waals surface area contributed by atoms with Crippen molar-refractivity contribution >= 4 is 13.6 Å². The molecule has 0 aliphatic heterocycles. The first-order chi connectivity index (χ1) is 5.51. The summed E-state index contributed by atoms with van der Waals surface area (Å²) in [6.07, 6.45) is 0. The molecule has 72 valence electrons. The molecule has 0 aliphatic rings. The lowest BCUT2D eigenvalue weighted by atomic mass is 10.5. The largest absolute Gasteiger partial charge is 0.468 e. The standard InChI is InChI=1S/C6H13O5P/c1-5(6(7)9-2)12(8,10-3)11-4/h5H,1-4H3/t5-/m0/s1. The number of ether oxygens (including phenoxy) is 1. The minimum absolute atomic E-state index is 0.609. The van der Waals surface area contributed by atoms with E-state index in [2.05, 4.69) is 13.8 Å². The van der Waals surface area contributed by atoms with Crippen LogP contribution in [0, 0.1) is 0 Å². The van der Waals surface area contributed by atoms with Crippen LogP contribution in [0.25, 0.3) is 0 Å². The fourth-order valence-corrected chi connectivity index (χ4v) is 1.84. The van der Waals surface area contributed by atoms with Crippen molar-refractivity contribution in [3.8, 4) is 0 Å². The van der Waals surface area contributed by atoms with Gasteiger partial charge in [-0.1, -0.05) is 0 Å². The Bertz CT molecular complexity index is 194. The van der Waals surface area contributed by atoms with E-state index in [0.717, 1.165) is 0 Å². The minimum atomic E-state index is -3.32. The third kappa shape index (κ3) is 2.30. The quantitative estimate of drug-likeness (QED) is 0.496. The monoisotopic (exact) mass is 196 g/mol. The van der Waals surface area contributed by atoms with E-state index in [1.807, 2.05) is 0 Å². The van der Waals surface area contributed by atoms with Crippen LogP contribution in [0.1, 0.15) is 6.92 Å². The highest BCUT2D eigenvalue weighted by atomic mass is 31.2. The van der Waals surface area contributed by atoms with Crippen LogP contribution in [-0.4, -0.2) is 33.0 Å². The van der Waals surface area contributed by atoms with Crippen LogP contribution in [0.4, 0.5) is 0 Å². The molecule has 0 saturated carbocycles. The summed E-state index contributed by atoms with van der Waals surface area (Å²) in [5.74, 6) is -0.609. The van der Waals surface area contributed by atoms with E-state index in [0.29, 0.717) is 0 Å². The Morgan fingerprint density at radius 3 is 1.92 bits per heavy atom. The SMILES string of the molecule is COC(=O)[C@H](C)P(=O)(OC)OC. The van der Waals surface area contributed by atoms with Crippen LogP contribution in [-0.2, 0) is 23.1 Å². The minimum Gasteiger partial charge on any atom is -0.468 e. The van der Waals surface area contributed by atoms with Crippen LogP contribution in [0.5, 0.6) is 0 Å². The highest BCUT2D eigenvalue weighted by molar-refractivity contribution is 7.55. The highest BCUT2D eigenvalue weighted by Crippen LogP contribution is 2.51. The second-order valence-corrected chi connectivity index (χ2v) is 4.69. The third-order valence-electron chi connectivity index (χ3n) is 1.53. The number of carbonyl (C=O) groups is 1. The molecule has 12 heavy (non-hydrogen) atoms. The van der Waals surface area contributed by atoms with Gasteiger partial charge in [0.25, 0.3) is 0 Å². The maximum absolute atomic E-state index is 11.5. The van der Waals surface area contributed by atoms with E-state index < -0.39 is 19.2 Å². The van der Waals surface area contributed by atoms with E-state index >= 15 is 0 Å². The summed E-state index contributed by atoms with van der Waals surface area (Å²) < 4.78 is 25.1. The molecule has 0 fully saturated rings. The number of methoxy groups -OCH3 is 1. The van der Waals surface area contributed by atoms with E-state index in [1.54, 1.807) is 0 Å². The van der Waals surface area contributed by atoms with Gasteiger partial charge < -0.3 is 13.8 Å². The average Bonchev–Trinajstić information content (AvgIpc) is 2.14. The number of carbonyl (C=O) groups excluding carboxylic acids is 1. The second kappa shape index (κ2) is 4.60. The molecule has 0 radical (unpaired) electrons. The molecule has 5 nitrogen and oxygen atoms in total. The van der Waals surface area contributed by atoms with Crippen LogP contribution >= 0.6 is 7.60 Å². The summed E-state index contributed by atoms with van der Waals surface area (Å²) in [5.41, 5.74) is -0.891. The molecule has 0 spiro atoms. The van der Waals surface area contributed by atoms with Crippen LogP contribution in [0.2, 0.25) is 0 Å². The molecule has 0 amide bonds. The fourth-order valence-electron chi connectivity index (χ4n) is 0.690. The number of rotatable bonds is 4. The number of esters is 1. The Labute approximate surface area is 71.5 Å². The lowest BCUT2D eigenvalue weighted by molar-refractivity contribution is -0.140. The van der Waals surface area contributed by atoms with Gasteiger partial charge in [0.1, 0.15) is 0 Å². The Hall–Kier alpha value is -0.380. The molecule has 0 saturated heterocycles. The van der Waals surface area contributed by atoms with Gasteiger partial charge in [-0.25, -0.2) is 0 Å². The number of hydrogen-bond acceptors (Lipinski definition) is 5. The van der Waals surface area contributed by atoms with Crippen molar-refractivity contribution < 1.29 is 23.1 Å². The zero-order valence-electron chi connectivity index (χ0n) is 7.57. The first-order valence-electron chi connectivity index (χ1n) is 3.30. The molecular weight excluding hydrogens is 183 g/mol. The van der Waals surface area contributed by atoms with Crippen molar-refractivity contribution in [2.24, 2.45) is 0 Å². The van der Waals surface area contributed by atoms with Crippen molar-refractivity contribution in [1.82, 2.24) is 0 Å². The van der Waals surface area contributed by atoms with Gasteiger partial charge in [-0.2, -0.15) is 0 Å². The van der Waals surface area contributed by atoms with Crippen molar-refractivity contribution in [3.05, 3.63) is 0 Å². The van der Waals surface area contributed by atoms with Crippen LogP contribution < -0.4 is 0 Å². The van der Waals surface area contributed by atoms with Crippen molar-refractivity contribution in [2.75, 3.05) is 21.3 Å². The fraction of sp³-hybridized carbons (Fsp3) is 0.833. The predicted molar refractivity (Wildman–Crippen MR) is 43.1 cm³/mol. The molecule has 6 heteroatoms. The zero-order valence-corrected chi connectivity index (χ0v) is 8.46. The molecule has 0 bridgehead atoms.